The molecule has 0 bridgehead atoms. The minimum absolute atomic E-state index is 0.150. The van der Waals surface area contributed by atoms with Crippen LogP contribution in [0.15, 0.2) is 45.4 Å². The van der Waals surface area contributed by atoms with Crippen LogP contribution in [0.2, 0.25) is 0 Å². The summed E-state index contributed by atoms with van der Waals surface area (Å²) in [5, 5.41) is 7.65. The van der Waals surface area contributed by atoms with Gasteiger partial charge >= 0.3 is 5.97 Å². The average molecular weight is 344 g/mol. The predicted octanol–water partition coefficient (Wildman–Crippen LogP) is 3.09. The van der Waals surface area contributed by atoms with E-state index in [1.807, 2.05) is 6.92 Å². The van der Waals surface area contributed by atoms with Gasteiger partial charge in [-0.2, -0.15) is 0 Å². The molecule has 0 aliphatic heterocycles. The minimum atomic E-state index is -0.540. The highest BCUT2D eigenvalue weighted by Gasteiger charge is 2.15. The zero-order chi connectivity index (χ0) is 17.6. The number of benzene rings is 1. The van der Waals surface area contributed by atoms with Crippen LogP contribution in [-0.4, -0.2) is 29.9 Å². The van der Waals surface area contributed by atoms with Gasteiger partial charge in [0.1, 0.15) is 0 Å². The molecule has 0 unspecified atom stereocenters. The van der Waals surface area contributed by atoms with E-state index >= 15 is 0 Å². The van der Waals surface area contributed by atoms with Gasteiger partial charge in [-0.05, 0) is 37.3 Å². The van der Waals surface area contributed by atoms with Crippen molar-refractivity contribution >= 4 is 5.97 Å². The molecule has 0 aliphatic carbocycles. The third-order valence-corrected chi connectivity index (χ3v) is 3.22. The van der Waals surface area contributed by atoms with Crippen LogP contribution in [0, 0.1) is 0 Å². The first kappa shape index (κ1) is 16.6. The zero-order valence-electron chi connectivity index (χ0n) is 13.7. The fourth-order valence-electron chi connectivity index (χ4n) is 2.09. The smallest absolute Gasteiger partial charge is 0.338 e. The van der Waals surface area contributed by atoms with E-state index in [4.69, 9.17) is 23.0 Å². The second-order valence-corrected chi connectivity index (χ2v) is 4.85. The molecule has 130 valence electrons. The van der Waals surface area contributed by atoms with E-state index in [9.17, 15) is 4.79 Å². The maximum Gasteiger partial charge on any atom is 0.338 e. The summed E-state index contributed by atoms with van der Waals surface area (Å²) >= 11 is 0. The van der Waals surface area contributed by atoms with Crippen molar-refractivity contribution in [2.45, 2.75) is 13.5 Å². The Kier molecular flexibility index (Phi) is 4.98. The first-order valence-electron chi connectivity index (χ1n) is 7.55. The average Bonchev–Trinajstić information content (AvgIpc) is 3.31. The SMILES string of the molecule is CCOc1cc(C(=O)OCc2nnc(-c3ccco3)o2)ccc1OC. The van der Waals surface area contributed by atoms with Crippen LogP contribution in [0.1, 0.15) is 23.2 Å². The highest BCUT2D eigenvalue weighted by atomic mass is 16.5. The van der Waals surface area contributed by atoms with Crippen molar-refractivity contribution in [3.05, 3.63) is 48.0 Å². The van der Waals surface area contributed by atoms with Gasteiger partial charge in [0.25, 0.3) is 11.8 Å². The van der Waals surface area contributed by atoms with Crippen LogP contribution in [-0.2, 0) is 11.3 Å². The molecule has 25 heavy (non-hydrogen) atoms. The highest BCUT2D eigenvalue weighted by molar-refractivity contribution is 5.90. The van der Waals surface area contributed by atoms with E-state index in [0.29, 0.717) is 29.4 Å². The van der Waals surface area contributed by atoms with Crippen molar-refractivity contribution in [3.8, 4) is 23.1 Å². The van der Waals surface area contributed by atoms with Crippen LogP contribution in [0.3, 0.4) is 0 Å². The molecule has 0 saturated carbocycles. The molecule has 0 spiro atoms. The largest absolute Gasteiger partial charge is 0.493 e. The lowest BCUT2D eigenvalue weighted by atomic mass is 10.2. The van der Waals surface area contributed by atoms with Crippen LogP contribution >= 0.6 is 0 Å². The van der Waals surface area contributed by atoms with Crippen LogP contribution in [0.25, 0.3) is 11.7 Å². The number of carbonyl (C=O) groups excluding carboxylic acids is 1. The van der Waals surface area contributed by atoms with Gasteiger partial charge in [0.15, 0.2) is 23.9 Å². The fraction of sp³-hybridized carbons (Fsp3) is 0.235. The quantitative estimate of drug-likeness (QED) is 0.603. The maximum atomic E-state index is 12.2. The van der Waals surface area contributed by atoms with Crippen molar-refractivity contribution in [1.82, 2.24) is 10.2 Å². The Balaban J connectivity index is 1.65. The van der Waals surface area contributed by atoms with Crippen LogP contribution in [0.4, 0.5) is 0 Å². The van der Waals surface area contributed by atoms with Gasteiger partial charge in [0, 0.05) is 0 Å². The topological polar surface area (TPSA) is 96.8 Å². The Morgan fingerprint density at radius 3 is 2.80 bits per heavy atom. The Labute approximate surface area is 143 Å². The first-order chi connectivity index (χ1) is 12.2. The van der Waals surface area contributed by atoms with E-state index in [-0.39, 0.29) is 18.4 Å². The number of rotatable bonds is 7. The van der Waals surface area contributed by atoms with Crippen molar-refractivity contribution < 1.29 is 27.8 Å². The van der Waals surface area contributed by atoms with Crippen molar-refractivity contribution in [2.75, 3.05) is 13.7 Å². The summed E-state index contributed by atoms with van der Waals surface area (Å²) in [5.41, 5.74) is 0.329. The molecule has 0 fully saturated rings. The lowest BCUT2D eigenvalue weighted by molar-refractivity contribution is 0.0438. The molecule has 0 radical (unpaired) electrons. The lowest BCUT2D eigenvalue weighted by Gasteiger charge is -2.10. The summed E-state index contributed by atoms with van der Waals surface area (Å²) in [4.78, 5) is 12.2. The van der Waals surface area contributed by atoms with Gasteiger partial charge in [-0.15, -0.1) is 10.2 Å². The highest BCUT2D eigenvalue weighted by Crippen LogP contribution is 2.28. The van der Waals surface area contributed by atoms with Gasteiger partial charge in [-0.1, -0.05) is 0 Å². The first-order valence-corrected chi connectivity index (χ1v) is 7.55. The van der Waals surface area contributed by atoms with E-state index in [2.05, 4.69) is 10.2 Å². The molecule has 0 N–H and O–H groups in total. The summed E-state index contributed by atoms with van der Waals surface area (Å²) in [6.07, 6.45) is 1.50. The van der Waals surface area contributed by atoms with E-state index in [0.717, 1.165) is 0 Å². The number of furan rings is 1. The van der Waals surface area contributed by atoms with Crippen molar-refractivity contribution in [2.24, 2.45) is 0 Å². The third-order valence-electron chi connectivity index (χ3n) is 3.22. The summed E-state index contributed by atoms with van der Waals surface area (Å²) in [7, 11) is 1.53. The predicted molar refractivity (Wildman–Crippen MR) is 85.3 cm³/mol. The maximum absolute atomic E-state index is 12.2. The number of hydrogen-bond acceptors (Lipinski definition) is 8. The molecule has 0 aliphatic rings. The number of esters is 1. The number of methoxy groups -OCH3 is 1. The number of nitrogens with zero attached hydrogens (tertiary/aromatic N) is 2. The molecule has 2 heterocycles. The standard InChI is InChI=1S/C17H16N2O6/c1-3-22-14-9-11(6-7-12(14)21-2)17(20)24-10-15-18-19-16(25-15)13-5-4-8-23-13/h4-9H,3,10H2,1-2H3. The van der Waals surface area contributed by atoms with Gasteiger partial charge < -0.3 is 23.0 Å². The molecule has 8 nitrogen and oxygen atoms in total. The Morgan fingerprint density at radius 1 is 1.20 bits per heavy atom. The molecular formula is C17H16N2O6. The van der Waals surface area contributed by atoms with E-state index in [1.165, 1.54) is 13.4 Å². The zero-order valence-corrected chi connectivity index (χ0v) is 13.7. The Hall–Kier alpha value is -3.29. The van der Waals surface area contributed by atoms with Gasteiger partial charge in [-0.25, -0.2) is 4.79 Å². The molecule has 0 atom stereocenters. The molecule has 3 aromatic rings. The minimum Gasteiger partial charge on any atom is -0.493 e. The number of hydrogen-bond donors (Lipinski definition) is 0. The Morgan fingerprint density at radius 2 is 2.08 bits per heavy atom. The molecule has 1 aromatic carbocycles. The van der Waals surface area contributed by atoms with Crippen LogP contribution in [0.5, 0.6) is 11.5 Å². The molecule has 3 rings (SSSR count). The second kappa shape index (κ2) is 7.52. The van der Waals surface area contributed by atoms with Crippen molar-refractivity contribution in [1.29, 1.82) is 0 Å². The summed E-state index contributed by atoms with van der Waals surface area (Å²) < 4.78 is 26.3. The van der Waals surface area contributed by atoms with Gasteiger partial charge in [-0.3, -0.25) is 0 Å². The van der Waals surface area contributed by atoms with Crippen LogP contribution < -0.4 is 9.47 Å². The van der Waals surface area contributed by atoms with E-state index < -0.39 is 5.97 Å². The number of carbonyl (C=O) groups is 1. The molecule has 2 aromatic heterocycles. The summed E-state index contributed by atoms with van der Waals surface area (Å²) in [6.45, 7) is 2.14. The molecule has 8 heteroatoms. The lowest BCUT2D eigenvalue weighted by Crippen LogP contribution is -2.06. The third kappa shape index (κ3) is 3.79. The van der Waals surface area contributed by atoms with Crippen molar-refractivity contribution in [3.63, 3.8) is 0 Å². The fourth-order valence-corrected chi connectivity index (χ4v) is 2.09. The summed E-state index contributed by atoms with van der Waals surface area (Å²) in [6, 6.07) is 8.19. The summed E-state index contributed by atoms with van der Waals surface area (Å²) in [5.74, 6) is 1.30. The monoisotopic (exact) mass is 344 g/mol. The Bertz CT molecular complexity index is 841. The second-order valence-electron chi connectivity index (χ2n) is 4.85. The molecule has 0 amide bonds. The van der Waals surface area contributed by atoms with Gasteiger partial charge in [0.2, 0.25) is 0 Å². The normalized spacial score (nSPS) is 10.5. The number of aromatic nitrogens is 2. The van der Waals surface area contributed by atoms with E-state index in [1.54, 1.807) is 30.3 Å². The van der Waals surface area contributed by atoms with Gasteiger partial charge in [0.05, 0.1) is 25.5 Å². The molecular weight excluding hydrogens is 328 g/mol. The number of ether oxygens (including phenoxy) is 3. The molecule has 0 saturated heterocycles.